The highest BCUT2D eigenvalue weighted by Gasteiger charge is 2.44. The Bertz CT molecular complexity index is 1020. The van der Waals surface area contributed by atoms with E-state index in [1.807, 2.05) is 0 Å². The number of aliphatic hydroxyl groups is 1. The lowest BCUT2D eigenvalue weighted by Gasteiger charge is -2.32. The Balaban J connectivity index is 2.16. The maximum Gasteiger partial charge on any atom is 0.182 e. The van der Waals surface area contributed by atoms with E-state index >= 15 is 4.39 Å². The van der Waals surface area contributed by atoms with Gasteiger partial charge in [0.1, 0.15) is 11.9 Å². The number of aromatic amines is 1. The van der Waals surface area contributed by atoms with Gasteiger partial charge in [0.05, 0.1) is 5.69 Å². The fraction of sp³-hybridized carbons (Fsp3) is 0.222. The minimum atomic E-state index is -2.18. The van der Waals surface area contributed by atoms with Crippen LogP contribution in [0.15, 0.2) is 30.3 Å². The minimum Gasteiger partial charge on any atom is -0.399 e. The fourth-order valence-corrected chi connectivity index (χ4v) is 3.30. The highest BCUT2D eigenvalue weighted by atomic mass is 19.1. The van der Waals surface area contributed by atoms with Crippen LogP contribution in [0.2, 0.25) is 0 Å². The molecule has 0 radical (unpaired) electrons. The Morgan fingerprint density at radius 3 is 2.64 bits per heavy atom. The number of alkyl halides is 1. The maximum atomic E-state index is 15.4. The van der Waals surface area contributed by atoms with Crippen LogP contribution in [0.25, 0.3) is 28.1 Å². The maximum absolute atomic E-state index is 15.4. The van der Waals surface area contributed by atoms with Crippen LogP contribution in [0.4, 0.5) is 14.5 Å². The number of aryl methyl sites for hydroxylation is 1. The molecule has 4 N–H and O–H groups in total. The first kappa shape index (κ1) is 15.7. The van der Waals surface area contributed by atoms with E-state index in [4.69, 9.17) is 5.73 Å². The quantitative estimate of drug-likeness (QED) is 0.592. The number of hydrogen-bond donors (Lipinski definition) is 3. The zero-order valence-electron chi connectivity index (χ0n) is 13.6. The van der Waals surface area contributed by atoms with Gasteiger partial charge in [-0.1, -0.05) is 12.1 Å². The standard InChI is InChI=1S/C18H16F2N4O/c1-8-13-15-14(11(19)7-12(25)18(15,2)20)16(22-17(13)24-23-8)9-3-5-10(21)6-4-9/h3-7,12,25H,21H2,1-2H3,(H,22,23,24). The number of rotatable bonds is 1. The number of benzene rings is 1. The van der Waals surface area contributed by atoms with Crippen molar-refractivity contribution < 1.29 is 13.9 Å². The number of aliphatic hydroxyl groups excluding tert-OH is 1. The Labute approximate surface area is 142 Å². The number of pyridine rings is 1. The van der Waals surface area contributed by atoms with Gasteiger partial charge in [-0.05, 0) is 32.1 Å². The average Bonchev–Trinajstić information content (AvgIpc) is 2.93. The van der Waals surface area contributed by atoms with E-state index in [1.165, 1.54) is 6.92 Å². The molecule has 1 aliphatic rings. The van der Waals surface area contributed by atoms with E-state index in [-0.39, 0.29) is 22.5 Å². The smallest absolute Gasteiger partial charge is 0.182 e. The number of nitrogen functional groups attached to an aromatic ring is 1. The Kier molecular flexibility index (Phi) is 3.20. The molecular formula is C18H16F2N4O. The number of nitrogens with two attached hydrogens (primary N) is 1. The first-order valence-electron chi connectivity index (χ1n) is 7.80. The molecule has 3 aromatic rings. The van der Waals surface area contributed by atoms with Crippen LogP contribution in [0, 0.1) is 6.92 Å². The van der Waals surface area contributed by atoms with Crippen LogP contribution in [-0.2, 0) is 5.67 Å². The summed E-state index contributed by atoms with van der Waals surface area (Å²) in [7, 11) is 0. The van der Waals surface area contributed by atoms with Crippen molar-refractivity contribution in [2.75, 3.05) is 5.73 Å². The highest BCUT2D eigenvalue weighted by Crippen LogP contribution is 2.47. The number of halogens is 2. The van der Waals surface area contributed by atoms with Gasteiger partial charge < -0.3 is 10.8 Å². The molecule has 0 saturated carbocycles. The van der Waals surface area contributed by atoms with Gasteiger partial charge in [0.15, 0.2) is 11.3 Å². The molecule has 7 heteroatoms. The van der Waals surface area contributed by atoms with E-state index in [0.717, 1.165) is 6.08 Å². The van der Waals surface area contributed by atoms with E-state index in [0.29, 0.717) is 22.3 Å². The molecule has 1 aromatic carbocycles. The summed E-state index contributed by atoms with van der Waals surface area (Å²) in [4.78, 5) is 4.44. The molecule has 128 valence electrons. The number of hydrogen-bond acceptors (Lipinski definition) is 4. The summed E-state index contributed by atoms with van der Waals surface area (Å²) < 4.78 is 30.2. The molecule has 0 aliphatic heterocycles. The third-order valence-electron chi connectivity index (χ3n) is 4.65. The Morgan fingerprint density at radius 1 is 1.28 bits per heavy atom. The van der Waals surface area contributed by atoms with Gasteiger partial charge >= 0.3 is 0 Å². The van der Waals surface area contributed by atoms with Gasteiger partial charge in [-0.15, -0.1) is 0 Å². The van der Waals surface area contributed by atoms with E-state index in [2.05, 4.69) is 15.2 Å². The van der Waals surface area contributed by atoms with Crippen molar-refractivity contribution in [3.63, 3.8) is 0 Å². The normalized spacial score (nSPS) is 22.8. The summed E-state index contributed by atoms with van der Waals surface area (Å²) in [5, 5.41) is 17.3. The van der Waals surface area contributed by atoms with Gasteiger partial charge in [-0.2, -0.15) is 5.10 Å². The van der Waals surface area contributed by atoms with Crippen molar-refractivity contribution in [3.05, 3.63) is 47.2 Å². The molecule has 2 unspecified atom stereocenters. The zero-order chi connectivity index (χ0) is 17.9. The molecule has 1 aliphatic carbocycles. The third-order valence-corrected chi connectivity index (χ3v) is 4.65. The molecule has 25 heavy (non-hydrogen) atoms. The van der Waals surface area contributed by atoms with E-state index in [1.54, 1.807) is 31.2 Å². The second kappa shape index (κ2) is 5.10. The number of nitrogens with zero attached hydrogens (tertiary/aromatic N) is 2. The molecule has 2 heterocycles. The number of anilines is 1. The molecular weight excluding hydrogens is 326 g/mol. The van der Waals surface area contributed by atoms with Crippen molar-refractivity contribution in [1.82, 2.24) is 15.2 Å². The van der Waals surface area contributed by atoms with Crippen molar-refractivity contribution in [3.8, 4) is 11.3 Å². The fourth-order valence-electron chi connectivity index (χ4n) is 3.30. The van der Waals surface area contributed by atoms with E-state index < -0.39 is 17.6 Å². The van der Waals surface area contributed by atoms with Crippen molar-refractivity contribution >= 4 is 22.5 Å². The summed E-state index contributed by atoms with van der Waals surface area (Å²) >= 11 is 0. The van der Waals surface area contributed by atoms with Crippen molar-refractivity contribution in [2.45, 2.75) is 25.6 Å². The molecule has 0 spiro atoms. The number of fused-ring (bicyclic) bond motifs is 3. The van der Waals surface area contributed by atoms with Gasteiger partial charge in [0, 0.05) is 33.5 Å². The molecule has 0 saturated heterocycles. The predicted octanol–water partition coefficient (Wildman–Crippen LogP) is 3.39. The number of H-pyrrole nitrogens is 1. The largest absolute Gasteiger partial charge is 0.399 e. The van der Waals surface area contributed by atoms with Crippen LogP contribution in [-0.4, -0.2) is 26.4 Å². The number of aromatic nitrogens is 3. The first-order valence-corrected chi connectivity index (χ1v) is 7.80. The lowest BCUT2D eigenvalue weighted by atomic mass is 9.80. The molecule has 0 amide bonds. The summed E-state index contributed by atoms with van der Waals surface area (Å²) in [5.74, 6) is -0.709. The van der Waals surface area contributed by atoms with Crippen LogP contribution >= 0.6 is 0 Å². The molecule has 4 rings (SSSR count). The summed E-state index contributed by atoms with van der Waals surface area (Å²) in [6, 6.07) is 6.71. The Hall–Kier alpha value is -2.80. The molecule has 0 bridgehead atoms. The monoisotopic (exact) mass is 342 g/mol. The summed E-state index contributed by atoms with van der Waals surface area (Å²) in [6.45, 7) is 2.94. The minimum absolute atomic E-state index is 0.0390. The molecule has 5 nitrogen and oxygen atoms in total. The van der Waals surface area contributed by atoms with Crippen LogP contribution < -0.4 is 5.73 Å². The van der Waals surface area contributed by atoms with Gasteiger partial charge in [-0.25, -0.2) is 13.8 Å². The topological polar surface area (TPSA) is 87.8 Å². The molecule has 2 atom stereocenters. The molecule has 0 fully saturated rings. The lowest BCUT2D eigenvalue weighted by molar-refractivity contribution is 0.0313. The SMILES string of the molecule is Cc1[nH]nc2nc(-c3ccc(N)cc3)c3c(c12)C(C)(F)C(O)C=C3F. The van der Waals surface area contributed by atoms with Crippen LogP contribution in [0.5, 0.6) is 0 Å². The third kappa shape index (κ3) is 2.16. The highest BCUT2D eigenvalue weighted by molar-refractivity contribution is 5.94. The van der Waals surface area contributed by atoms with Crippen LogP contribution in [0.3, 0.4) is 0 Å². The molecule has 2 aromatic heterocycles. The van der Waals surface area contributed by atoms with Gasteiger partial charge in [-0.3, -0.25) is 5.10 Å². The zero-order valence-corrected chi connectivity index (χ0v) is 13.6. The second-order valence-corrected chi connectivity index (χ2v) is 6.41. The average molecular weight is 342 g/mol. The van der Waals surface area contributed by atoms with E-state index in [9.17, 15) is 9.50 Å². The van der Waals surface area contributed by atoms with Crippen LogP contribution in [0.1, 0.15) is 23.7 Å². The van der Waals surface area contributed by atoms with Gasteiger partial charge in [0.2, 0.25) is 0 Å². The Morgan fingerprint density at radius 2 is 1.96 bits per heavy atom. The second-order valence-electron chi connectivity index (χ2n) is 6.41. The lowest BCUT2D eigenvalue weighted by Crippen LogP contribution is -2.35. The number of nitrogens with one attached hydrogen (secondary N) is 1. The van der Waals surface area contributed by atoms with Crippen molar-refractivity contribution in [2.24, 2.45) is 0 Å². The first-order chi connectivity index (χ1) is 11.8. The summed E-state index contributed by atoms with van der Waals surface area (Å²) in [6.07, 6.45) is -0.717. The van der Waals surface area contributed by atoms with Gasteiger partial charge in [0.25, 0.3) is 0 Å². The predicted molar refractivity (Wildman–Crippen MR) is 92.0 cm³/mol. The van der Waals surface area contributed by atoms with Crippen molar-refractivity contribution in [1.29, 1.82) is 0 Å². The summed E-state index contributed by atoms with van der Waals surface area (Å²) in [5.41, 5.74) is 5.87.